The minimum absolute atomic E-state index is 0. The summed E-state index contributed by atoms with van der Waals surface area (Å²) in [6, 6.07) is 8.77. The molecule has 0 amide bonds. The summed E-state index contributed by atoms with van der Waals surface area (Å²) in [6.45, 7) is 7.73. The SMILES string of the molecule is CCOC(=O)C1CCN(CCCCSc2ccc(C)cc2)CC1.Cl. The van der Waals surface area contributed by atoms with E-state index in [9.17, 15) is 4.79 Å². The quantitative estimate of drug-likeness (QED) is 0.380. The summed E-state index contributed by atoms with van der Waals surface area (Å²) in [7, 11) is 0. The van der Waals surface area contributed by atoms with Crippen LogP contribution < -0.4 is 0 Å². The number of carbonyl (C=O) groups excluding carboxylic acids is 1. The Bertz CT molecular complexity index is 473. The minimum atomic E-state index is 0. The van der Waals surface area contributed by atoms with Crippen LogP contribution in [-0.2, 0) is 9.53 Å². The van der Waals surface area contributed by atoms with Gasteiger partial charge in [0.2, 0.25) is 0 Å². The van der Waals surface area contributed by atoms with E-state index in [0.29, 0.717) is 6.61 Å². The number of unbranched alkanes of at least 4 members (excludes halogenated alkanes) is 1. The molecule has 5 heteroatoms. The lowest BCUT2D eigenvalue weighted by molar-refractivity contribution is -0.149. The van der Waals surface area contributed by atoms with E-state index in [1.165, 1.54) is 29.1 Å². The van der Waals surface area contributed by atoms with Crippen molar-refractivity contribution in [3.8, 4) is 0 Å². The van der Waals surface area contributed by atoms with E-state index in [0.717, 1.165) is 32.5 Å². The number of halogens is 1. The Morgan fingerprint density at radius 1 is 1.21 bits per heavy atom. The Balaban J connectivity index is 0.00000288. The van der Waals surface area contributed by atoms with Crippen molar-refractivity contribution < 1.29 is 9.53 Å². The van der Waals surface area contributed by atoms with Crippen LogP contribution in [0.4, 0.5) is 0 Å². The van der Waals surface area contributed by atoms with Crippen molar-refractivity contribution in [3.63, 3.8) is 0 Å². The van der Waals surface area contributed by atoms with Crippen LogP contribution in [-0.4, -0.2) is 42.9 Å². The molecule has 136 valence electrons. The highest BCUT2D eigenvalue weighted by atomic mass is 35.5. The van der Waals surface area contributed by atoms with Gasteiger partial charge in [0.25, 0.3) is 0 Å². The molecule has 24 heavy (non-hydrogen) atoms. The summed E-state index contributed by atoms with van der Waals surface area (Å²) in [5.41, 5.74) is 1.32. The van der Waals surface area contributed by atoms with Gasteiger partial charge in [-0.3, -0.25) is 4.79 Å². The fraction of sp³-hybridized carbons (Fsp3) is 0.632. The standard InChI is InChI=1S/C19H29NO2S.ClH/c1-3-22-19(21)17-10-13-20(14-11-17)12-4-5-15-23-18-8-6-16(2)7-9-18;/h6-9,17H,3-5,10-15H2,1-2H3;1H. The molecule has 0 spiro atoms. The zero-order chi connectivity index (χ0) is 16.5. The normalized spacial score (nSPS) is 15.8. The predicted octanol–water partition coefficient (Wildman–Crippen LogP) is 4.56. The van der Waals surface area contributed by atoms with Crippen molar-refractivity contribution in [1.29, 1.82) is 0 Å². The van der Waals surface area contributed by atoms with E-state index >= 15 is 0 Å². The van der Waals surface area contributed by atoms with Crippen molar-refractivity contribution in [2.24, 2.45) is 5.92 Å². The number of piperidine rings is 1. The first-order valence-corrected chi connectivity index (χ1v) is 9.76. The molecule has 0 aromatic heterocycles. The summed E-state index contributed by atoms with van der Waals surface area (Å²) >= 11 is 1.95. The van der Waals surface area contributed by atoms with Gasteiger partial charge in [0.15, 0.2) is 0 Å². The van der Waals surface area contributed by atoms with Crippen molar-refractivity contribution in [3.05, 3.63) is 29.8 Å². The monoisotopic (exact) mass is 371 g/mol. The highest BCUT2D eigenvalue weighted by Gasteiger charge is 2.25. The van der Waals surface area contributed by atoms with Crippen molar-refractivity contribution in [2.75, 3.05) is 32.0 Å². The number of carbonyl (C=O) groups is 1. The van der Waals surface area contributed by atoms with Gasteiger partial charge in [0.05, 0.1) is 12.5 Å². The molecule has 2 rings (SSSR count). The van der Waals surface area contributed by atoms with Gasteiger partial charge in [-0.25, -0.2) is 0 Å². The van der Waals surface area contributed by atoms with Crippen LogP contribution in [0.3, 0.4) is 0 Å². The molecule has 1 aliphatic heterocycles. The zero-order valence-electron chi connectivity index (χ0n) is 14.8. The Hall–Kier alpha value is -0.710. The van der Waals surface area contributed by atoms with Gasteiger partial charge < -0.3 is 9.64 Å². The van der Waals surface area contributed by atoms with Crippen molar-refractivity contribution in [2.45, 2.75) is 44.4 Å². The molecule has 1 aromatic carbocycles. The molecule has 0 unspecified atom stereocenters. The molecule has 0 N–H and O–H groups in total. The maximum absolute atomic E-state index is 11.7. The van der Waals surface area contributed by atoms with E-state index in [1.807, 2.05) is 18.7 Å². The molecule has 1 aromatic rings. The second-order valence-corrected chi connectivity index (χ2v) is 7.40. The molecule has 3 nitrogen and oxygen atoms in total. The van der Waals surface area contributed by atoms with Gasteiger partial charge in [0.1, 0.15) is 0 Å². The molecule has 1 saturated heterocycles. The third-order valence-corrected chi connectivity index (χ3v) is 5.46. The van der Waals surface area contributed by atoms with Gasteiger partial charge in [-0.2, -0.15) is 0 Å². The lowest BCUT2D eigenvalue weighted by Gasteiger charge is -2.30. The van der Waals surface area contributed by atoms with Crippen LogP contribution >= 0.6 is 24.2 Å². The zero-order valence-corrected chi connectivity index (χ0v) is 16.5. The number of likely N-dealkylation sites (tertiary alicyclic amines) is 1. The molecule has 1 aliphatic rings. The van der Waals surface area contributed by atoms with Crippen LogP contribution in [0.2, 0.25) is 0 Å². The number of thioether (sulfide) groups is 1. The third kappa shape index (κ3) is 7.45. The Kier molecular flexibility index (Phi) is 10.5. The molecule has 0 bridgehead atoms. The number of aryl methyl sites for hydroxylation is 1. The van der Waals surface area contributed by atoms with E-state index in [2.05, 4.69) is 36.1 Å². The van der Waals surface area contributed by atoms with Crippen LogP contribution in [0, 0.1) is 12.8 Å². The fourth-order valence-electron chi connectivity index (χ4n) is 2.91. The lowest BCUT2D eigenvalue weighted by atomic mass is 9.97. The first-order valence-electron chi connectivity index (χ1n) is 8.77. The van der Waals surface area contributed by atoms with Gasteiger partial charge >= 0.3 is 5.97 Å². The molecule has 0 aliphatic carbocycles. The second-order valence-electron chi connectivity index (χ2n) is 6.24. The smallest absolute Gasteiger partial charge is 0.309 e. The van der Waals surface area contributed by atoms with E-state index in [4.69, 9.17) is 4.74 Å². The molecule has 0 atom stereocenters. The van der Waals surface area contributed by atoms with E-state index < -0.39 is 0 Å². The predicted molar refractivity (Wildman–Crippen MR) is 104 cm³/mol. The number of nitrogens with zero attached hydrogens (tertiary/aromatic N) is 1. The van der Waals surface area contributed by atoms with Crippen molar-refractivity contribution >= 4 is 30.1 Å². The number of ether oxygens (including phenoxy) is 1. The summed E-state index contributed by atoms with van der Waals surface area (Å²) in [4.78, 5) is 15.6. The molecule has 1 heterocycles. The highest BCUT2D eigenvalue weighted by molar-refractivity contribution is 7.99. The van der Waals surface area contributed by atoms with Gasteiger partial charge in [-0.15, -0.1) is 24.2 Å². The topological polar surface area (TPSA) is 29.5 Å². The second kappa shape index (κ2) is 11.8. The first kappa shape index (κ1) is 21.3. The van der Waals surface area contributed by atoms with Gasteiger partial charge in [-0.05, 0) is 77.1 Å². The maximum Gasteiger partial charge on any atom is 0.309 e. The highest BCUT2D eigenvalue weighted by Crippen LogP contribution is 2.21. The number of hydrogen-bond acceptors (Lipinski definition) is 4. The number of esters is 1. The first-order chi connectivity index (χ1) is 11.2. The van der Waals surface area contributed by atoms with Crippen LogP contribution in [0.15, 0.2) is 29.2 Å². The summed E-state index contributed by atoms with van der Waals surface area (Å²) in [6.07, 6.45) is 4.40. The number of hydrogen-bond donors (Lipinski definition) is 0. The summed E-state index contributed by atoms with van der Waals surface area (Å²) in [5, 5.41) is 0. The average molecular weight is 372 g/mol. The molecular weight excluding hydrogens is 342 g/mol. The maximum atomic E-state index is 11.7. The Morgan fingerprint density at radius 3 is 2.50 bits per heavy atom. The Labute approximate surface area is 156 Å². The van der Waals surface area contributed by atoms with Crippen LogP contribution in [0.1, 0.15) is 38.2 Å². The molecule has 1 fully saturated rings. The summed E-state index contributed by atoms with van der Waals surface area (Å²) < 4.78 is 5.12. The minimum Gasteiger partial charge on any atom is -0.466 e. The molecule has 0 saturated carbocycles. The Morgan fingerprint density at radius 2 is 1.88 bits per heavy atom. The van der Waals surface area contributed by atoms with Crippen LogP contribution in [0.5, 0.6) is 0 Å². The molecule has 0 radical (unpaired) electrons. The average Bonchev–Trinajstić information content (AvgIpc) is 2.57. The van der Waals surface area contributed by atoms with Gasteiger partial charge in [0, 0.05) is 4.90 Å². The fourth-order valence-corrected chi connectivity index (χ4v) is 3.83. The molecular formula is C19H30ClNO2S. The number of benzene rings is 1. The van der Waals surface area contributed by atoms with E-state index in [1.54, 1.807) is 0 Å². The van der Waals surface area contributed by atoms with Crippen LogP contribution in [0.25, 0.3) is 0 Å². The largest absolute Gasteiger partial charge is 0.466 e. The third-order valence-electron chi connectivity index (χ3n) is 4.37. The lowest BCUT2D eigenvalue weighted by Crippen LogP contribution is -2.37. The summed E-state index contributed by atoms with van der Waals surface area (Å²) in [5.74, 6) is 1.31. The van der Waals surface area contributed by atoms with Crippen molar-refractivity contribution in [1.82, 2.24) is 4.90 Å². The number of rotatable bonds is 8. The van der Waals surface area contributed by atoms with Gasteiger partial charge in [-0.1, -0.05) is 17.7 Å². The van der Waals surface area contributed by atoms with E-state index in [-0.39, 0.29) is 24.3 Å².